The van der Waals surface area contributed by atoms with Crippen LogP contribution in [-0.2, 0) is 11.2 Å². The lowest BCUT2D eigenvalue weighted by Gasteiger charge is -2.26. The molecule has 3 N–H and O–H groups in total. The van der Waals surface area contributed by atoms with Crippen LogP contribution in [0.5, 0.6) is 0 Å². The largest absolute Gasteiger partial charge is 0.378 e. The van der Waals surface area contributed by atoms with Gasteiger partial charge in [0.05, 0.1) is 18.2 Å². The van der Waals surface area contributed by atoms with Gasteiger partial charge in [0.15, 0.2) is 0 Å². The summed E-state index contributed by atoms with van der Waals surface area (Å²) in [6.07, 6.45) is 0.663. The minimum absolute atomic E-state index is 0. The van der Waals surface area contributed by atoms with Crippen molar-refractivity contribution < 1.29 is 14.3 Å². The molecule has 0 radical (unpaired) electrons. The van der Waals surface area contributed by atoms with Crippen molar-refractivity contribution in [2.45, 2.75) is 6.42 Å². The molecule has 0 unspecified atom stereocenters. The summed E-state index contributed by atoms with van der Waals surface area (Å²) in [7, 11) is 0. The van der Waals surface area contributed by atoms with Gasteiger partial charge < -0.3 is 20.7 Å². The average molecular weight is 397 g/mol. The van der Waals surface area contributed by atoms with Gasteiger partial charge in [-0.2, -0.15) is 0 Å². The van der Waals surface area contributed by atoms with E-state index in [1.165, 1.54) is 11.3 Å². The highest BCUT2D eigenvalue weighted by atomic mass is 35.5. The number of halogens is 1. The first-order valence-electron chi connectivity index (χ1n) is 8.10. The molecule has 0 saturated carbocycles. The molecule has 1 aromatic carbocycles. The topological polar surface area (TPSA) is 97.5 Å². The van der Waals surface area contributed by atoms with E-state index in [1.54, 1.807) is 34.5 Å². The molecule has 0 bridgehead atoms. The molecule has 1 aliphatic heterocycles. The Labute approximate surface area is 162 Å². The van der Waals surface area contributed by atoms with Crippen molar-refractivity contribution in [1.82, 2.24) is 9.88 Å². The number of morpholine rings is 1. The second kappa shape index (κ2) is 9.63. The molecule has 26 heavy (non-hydrogen) atoms. The first kappa shape index (κ1) is 20.3. The number of amides is 2. The molecule has 1 aromatic heterocycles. The van der Waals surface area contributed by atoms with Crippen molar-refractivity contribution in [3.63, 3.8) is 0 Å². The number of anilines is 1. The normalized spacial score (nSPS) is 13.8. The van der Waals surface area contributed by atoms with Crippen molar-refractivity contribution in [3.8, 4) is 0 Å². The molecule has 2 heterocycles. The first-order chi connectivity index (χ1) is 12.2. The summed E-state index contributed by atoms with van der Waals surface area (Å²) in [6, 6.07) is 6.88. The second-order valence-electron chi connectivity index (χ2n) is 5.60. The van der Waals surface area contributed by atoms with E-state index < -0.39 is 0 Å². The average Bonchev–Trinajstić information content (AvgIpc) is 3.12. The third-order valence-corrected chi connectivity index (χ3v) is 4.74. The highest BCUT2D eigenvalue weighted by Gasteiger charge is 2.18. The van der Waals surface area contributed by atoms with Crippen molar-refractivity contribution in [2.75, 3.05) is 38.2 Å². The van der Waals surface area contributed by atoms with Crippen molar-refractivity contribution in [3.05, 3.63) is 45.9 Å². The Morgan fingerprint density at radius 1 is 1.23 bits per heavy atom. The van der Waals surface area contributed by atoms with Crippen LogP contribution >= 0.6 is 23.7 Å². The molecule has 0 aliphatic carbocycles. The zero-order valence-corrected chi connectivity index (χ0v) is 15.8. The number of benzene rings is 1. The summed E-state index contributed by atoms with van der Waals surface area (Å²) in [5.74, 6) is -0.293. The molecule has 140 valence electrons. The summed E-state index contributed by atoms with van der Waals surface area (Å²) in [4.78, 5) is 30.6. The number of rotatable bonds is 5. The monoisotopic (exact) mass is 396 g/mol. The standard InChI is InChI=1S/C17H20N4O3S.ClH/c18-6-5-15-20-14(11-25-15)16(22)19-13-3-1-12(2-4-13)17(23)21-7-9-24-10-8-21;/h1-4,11H,5-10,18H2,(H,19,22);1H. The maximum atomic E-state index is 12.4. The molecule has 0 atom stereocenters. The lowest BCUT2D eigenvalue weighted by molar-refractivity contribution is 0.0303. The molecule has 7 nitrogen and oxygen atoms in total. The lowest BCUT2D eigenvalue weighted by atomic mass is 10.1. The number of ether oxygens (including phenoxy) is 1. The zero-order chi connectivity index (χ0) is 17.6. The van der Waals surface area contributed by atoms with E-state index in [-0.39, 0.29) is 24.2 Å². The number of nitrogens with one attached hydrogen (secondary N) is 1. The van der Waals surface area contributed by atoms with Crippen molar-refractivity contribution in [2.24, 2.45) is 5.73 Å². The lowest BCUT2D eigenvalue weighted by Crippen LogP contribution is -2.40. The Bertz CT molecular complexity index is 745. The SMILES string of the molecule is Cl.NCCc1nc(C(=O)Nc2ccc(C(=O)N3CCOCC3)cc2)cs1. The van der Waals surface area contributed by atoms with Gasteiger partial charge in [-0.3, -0.25) is 9.59 Å². The van der Waals surface area contributed by atoms with E-state index >= 15 is 0 Å². The number of carbonyl (C=O) groups excluding carboxylic acids is 2. The molecule has 2 amide bonds. The minimum atomic E-state index is -0.272. The first-order valence-corrected chi connectivity index (χ1v) is 8.98. The Kier molecular flexibility index (Phi) is 7.52. The van der Waals surface area contributed by atoms with Crippen LogP contribution < -0.4 is 11.1 Å². The summed E-state index contributed by atoms with van der Waals surface area (Å²) >= 11 is 1.42. The number of hydrogen-bond acceptors (Lipinski definition) is 6. The van der Waals surface area contributed by atoms with Crippen LogP contribution in [0.2, 0.25) is 0 Å². The summed E-state index contributed by atoms with van der Waals surface area (Å²) in [6.45, 7) is 2.85. The van der Waals surface area contributed by atoms with Gasteiger partial charge in [0, 0.05) is 36.1 Å². The predicted molar refractivity (Wildman–Crippen MR) is 103 cm³/mol. The molecule has 2 aromatic rings. The third-order valence-electron chi connectivity index (χ3n) is 3.83. The Balaban J connectivity index is 0.00000243. The number of thiazole rings is 1. The van der Waals surface area contributed by atoms with Gasteiger partial charge in [0.2, 0.25) is 0 Å². The molecular weight excluding hydrogens is 376 g/mol. The highest BCUT2D eigenvalue weighted by molar-refractivity contribution is 7.09. The molecule has 3 rings (SSSR count). The minimum Gasteiger partial charge on any atom is -0.378 e. The Morgan fingerprint density at radius 2 is 1.92 bits per heavy atom. The molecule has 0 spiro atoms. The summed E-state index contributed by atoms with van der Waals surface area (Å²) < 4.78 is 5.25. The van der Waals surface area contributed by atoms with Crippen molar-refractivity contribution in [1.29, 1.82) is 0 Å². The van der Waals surface area contributed by atoms with Crippen LogP contribution in [0.15, 0.2) is 29.6 Å². The van der Waals surface area contributed by atoms with Crippen LogP contribution in [0.25, 0.3) is 0 Å². The van der Waals surface area contributed by atoms with E-state index in [4.69, 9.17) is 10.5 Å². The number of nitrogens with two attached hydrogens (primary N) is 1. The fourth-order valence-electron chi connectivity index (χ4n) is 2.49. The Morgan fingerprint density at radius 3 is 2.58 bits per heavy atom. The van der Waals surface area contributed by atoms with Crippen LogP contribution in [0.1, 0.15) is 25.9 Å². The van der Waals surface area contributed by atoms with Crippen LogP contribution in [0, 0.1) is 0 Å². The highest BCUT2D eigenvalue weighted by Crippen LogP contribution is 2.15. The molecule has 1 saturated heterocycles. The number of carbonyl (C=O) groups is 2. The molecule has 9 heteroatoms. The van der Waals surface area contributed by atoms with Crippen LogP contribution in [0.3, 0.4) is 0 Å². The van der Waals surface area contributed by atoms with E-state index in [9.17, 15) is 9.59 Å². The fraction of sp³-hybridized carbons (Fsp3) is 0.353. The van der Waals surface area contributed by atoms with Crippen LogP contribution in [-0.4, -0.2) is 54.5 Å². The molecule has 1 aliphatic rings. The maximum absolute atomic E-state index is 12.4. The van der Waals surface area contributed by atoms with Gasteiger partial charge in [0.25, 0.3) is 11.8 Å². The second-order valence-corrected chi connectivity index (χ2v) is 6.54. The number of hydrogen-bond donors (Lipinski definition) is 2. The maximum Gasteiger partial charge on any atom is 0.275 e. The predicted octanol–water partition coefficient (Wildman–Crippen LogP) is 1.79. The van der Waals surface area contributed by atoms with E-state index in [0.29, 0.717) is 56.2 Å². The quantitative estimate of drug-likeness (QED) is 0.803. The fourth-order valence-corrected chi connectivity index (χ4v) is 3.29. The number of aromatic nitrogens is 1. The van der Waals surface area contributed by atoms with E-state index in [0.717, 1.165) is 5.01 Å². The van der Waals surface area contributed by atoms with Crippen molar-refractivity contribution >= 4 is 41.2 Å². The van der Waals surface area contributed by atoms with Gasteiger partial charge >= 0.3 is 0 Å². The third kappa shape index (κ3) is 5.01. The van der Waals surface area contributed by atoms with Gasteiger partial charge in [-0.1, -0.05) is 0 Å². The number of nitrogens with zero attached hydrogens (tertiary/aromatic N) is 2. The van der Waals surface area contributed by atoms with Gasteiger partial charge in [-0.15, -0.1) is 23.7 Å². The van der Waals surface area contributed by atoms with E-state index in [2.05, 4.69) is 10.3 Å². The zero-order valence-electron chi connectivity index (χ0n) is 14.1. The summed E-state index contributed by atoms with van der Waals surface area (Å²) in [5, 5.41) is 5.35. The Hall–Kier alpha value is -2.00. The summed E-state index contributed by atoms with van der Waals surface area (Å²) in [5.41, 5.74) is 7.09. The smallest absolute Gasteiger partial charge is 0.275 e. The van der Waals surface area contributed by atoms with Gasteiger partial charge in [-0.25, -0.2) is 4.98 Å². The van der Waals surface area contributed by atoms with Gasteiger partial charge in [-0.05, 0) is 30.8 Å². The van der Waals surface area contributed by atoms with E-state index in [1.807, 2.05) is 0 Å². The van der Waals surface area contributed by atoms with Gasteiger partial charge in [0.1, 0.15) is 5.69 Å². The molecule has 1 fully saturated rings. The molecular formula is C17H21ClN4O3S. The van der Waals surface area contributed by atoms with Crippen LogP contribution in [0.4, 0.5) is 5.69 Å².